The molecule has 1 aromatic carbocycles. The lowest BCUT2D eigenvalue weighted by Crippen LogP contribution is -2.69. The number of aromatic amines is 1. The number of fused-ring (bicyclic) bond motifs is 1. The average Bonchev–Trinajstić information content (AvgIpc) is 2.70. The maximum atomic E-state index is 9.41. The Balaban J connectivity index is 0.000000347. The van der Waals surface area contributed by atoms with Gasteiger partial charge in [-0.25, -0.2) is 8.42 Å². The second kappa shape index (κ2) is 7.04. The van der Waals surface area contributed by atoms with Crippen molar-refractivity contribution in [1.82, 2.24) is 4.98 Å². The van der Waals surface area contributed by atoms with E-state index in [0.29, 0.717) is 5.75 Å². The standard InChI is InChI=1S/C12H14N2O.H2O4S/c1-2-13-6-5-9-8-14-12-4-3-10(15)7-11(9)12;1-5(2,3)4/h2-4,7-8,14-15H,5-6H2,1H3;(H2,1,2,3,4). The SMILES string of the molecule is CC=[NH+]CCc1c[nH]c2ccc(O)cc12.O=S(=O)([O-])O. The minimum Gasteiger partial charge on any atom is -0.726 e. The quantitative estimate of drug-likeness (QED) is 0.348. The summed E-state index contributed by atoms with van der Waals surface area (Å²) in [5.74, 6) is 0.318. The Morgan fingerprint density at radius 3 is 2.70 bits per heavy atom. The zero-order valence-electron chi connectivity index (χ0n) is 10.8. The van der Waals surface area contributed by atoms with Crippen molar-refractivity contribution >= 4 is 27.5 Å². The fraction of sp³-hybridized carbons (Fsp3) is 0.250. The van der Waals surface area contributed by atoms with Crippen LogP contribution in [0.2, 0.25) is 0 Å². The van der Waals surface area contributed by atoms with E-state index in [1.807, 2.05) is 25.4 Å². The van der Waals surface area contributed by atoms with Crippen molar-refractivity contribution in [2.24, 2.45) is 0 Å². The summed E-state index contributed by atoms with van der Waals surface area (Å²) in [7, 11) is -4.92. The molecule has 8 heteroatoms. The van der Waals surface area contributed by atoms with Crippen LogP contribution >= 0.6 is 0 Å². The van der Waals surface area contributed by atoms with Crippen LogP contribution in [0.4, 0.5) is 0 Å². The lowest BCUT2D eigenvalue weighted by molar-refractivity contribution is -0.451. The van der Waals surface area contributed by atoms with Gasteiger partial charge in [0.2, 0.25) is 10.4 Å². The van der Waals surface area contributed by atoms with Crippen LogP contribution < -0.4 is 4.99 Å². The van der Waals surface area contributed by atoms with E-state index in [1.54, 1.807) is 12.1 Å². The third kappa shape index (κ3) is 5.83. The number of rotatable bonds is 3. The zero-order chi connectivity index (χ0) is 15.2. The largest absolute Gasteiger partial charge is 0.726 e. The normalized spacial score (nSPS) is 11.6. The molecule has 0 saturated carbocycles. The van der Waals surface area contributed by atoms with E-state index in [1.165, 1.54) is 5.56 Å². The Morgan fingerprint density at radius 2 is 2.10 bits per heavy atom. The molecule has 0 amide bonds. The van der Waals surface area contributed by atoms with Gasteiger partial charge in [-0.1, -0.05) is 0 Å². The van der Waals surface area contributed by atoms with Crippen molar-refractivity contribution in [2.75, 3.05) is 6.54 Å². The number of hydrogen-bond acceptors (Lipinski definition) is 4. The molecule has 1 aromatic heterocycles. The molecule has 7 nitrogen and oxygen atoms in total. The van der Waals surface area contributed by atoms with E-state index in [0.717, 1.165) is 23.9 Å². The van der Waals surface area contributed by atoms with Gasteiger partial charge in [0.05, 0.1) is 0 Å². The number of nitrogens with one attached hydrogen (secondary N) is 2. The van der Waals surface area contributed by atoms with Crippen LogP contribution in [0.15, 0.2) is 24.4 Å². The summed E-state index contributed by atoms with van der Waals surface area (Å²) in [5.41, 5.74) is 2.30. The fourth-order valence-electron chi connectivity index (χ4n) is 1.72. The summed E-state index contributed by atoms with van der Waals surface area (Å²) in [5, 5.41) is 10.5. The first-order chi connectivity index (χ1) is 9.31. The highest BCUT2D eigenvalue weighted by Gasteiger charge is 2.04. The predicted molar refractivity (Wildman–Crippen MR) is 73.6 cm³/mol. The Morgan fingerprint density at radius 1 is 1.45 bits per heavy atom. The van der Waals surface area contributed by atoms with Crippen molar-refractivity contribution in [2.45, 2.75) is 13.3 Å². The number of phenols is 1. The van der Waals surface area contributed by atoms with Crippen LogP contribution in [-0.2, 0) is 16.8 Å². The molecule has 1 heterocycles. The maximum absolute atomic E-state index is 9.41. The molecule has 0 bridgehead atoms. The van der Waals surface area contributed by atoms with Gasteiger partial charge in [-0.3, -0.25) is 9.55 Å². The first kappa shape index (κ1) is 16.2. The Labute approximate surface area is 116 Å². The third-order valence-electron chi connectivity index (χ3n) is 2.49. The molecule has 0 saturated heterocycles. The van der Waals surface area contributed by atoms with E-state index in [-0.39, 0.29) is 0 Å². The highest BCUT2D eigenvalue weighted by atomic mass is 32.3. The van der Waals surface area contributed by atoms with Gasteiger partial charge in [0.1, 0.15) is 18.5 Å². The lowest BCUT2D eigenvalue weighted by Gasteiger charge is -1.95. The summed E-state index contributed by atoms with van der Waals surface area (Å²) in [6, 6.07) is 5.39. The number of hydrogen-bond donors (Lipinski definition) is 4. The monoisotopic (exact) mass is 300 g/mol. The number of H-pyrrole nitrogens is 1. The molecule has 0 fully saturated rings. The molecule has 110 valence electrons. The van der Waals surface area contributed by atoms with Crippen molar-refractivity contribution in [3.63, 3.8) is 0 Å². The number of phenolic OH excluding ortho intramolecular Hbond substituents is 1. The van der Waals surface area contributed by atoms with Gasteiger partial charge in [-0.05, 0) is 23.8 Å². The summed E-state index contributed by atoms with van der Waals surface area (Å²) < 4.78 is 32.8. The van der Waals surface area contributed by atoms with Crippen LogP contribution in [0.5, 0.6) is 5.75 Å². The van der Waals surface area contributed by atoms with E-state index in [2.05, 4.69) is 9.98 Å². The second-order valence-electron chi connectivity index (χ2n) is 3.96. The first-order valence-electron chi connectivity index (χ1n) is 5.79. The van der Waals surface area contributed by atoms with Crippen LogP contribution in [0.1, 0.15) is 12.5 Å². The van der Waals surface area contributed by atoms with Gasteiger partial charge in [0, 0.05) is 30.4 Å². The Kier molecular flexibility index (Phi) is 5.68. The van der Waals surface area contributed by atoms with Gasteiger partial charge >= 0.3 is 0 Å². The third-order valence-corrected chi connectivity index (χ3v) is 2.49. The van der Waals surface area contributed by atoms with Gasteiger partial charge < -0.3 is 14.6 Å². The van der Waals surface area contributed by atoms with E-state index >= 15 is 0 Å². The van der Waals surface area contributed by atoms with Crippen LogP contribution in [0.25, 0.3) is 10.9 Å². The van der Waals surface area contributed by atoms with Crippen LogP contribution in [-0.4, -0.2) is 40.4 Å². The van der Waals surface area contributed by atoms with E-state index in [4.69, 9.17) is 17.5 Å². The van der Waals surface area contributed by atoms with Gasteiger partial charge in [0.25, 0.3) is 0 Å². The second-order valence-corrected chi connectivity index (χ2v) is 4.82. The maximum Gasteiger partial charge on any atom is 0.215 e. The average molecular weight is 300 g/mol. The summed E-state index contributed by atoms with van der Waals surface area (Å²) in [6.07, 6.45) is 4.89. The minimum absolute atomic E-state index is 0.318. The number of aromatic nitrogens is 1. The number of benzene rings is 1. The minimum atomic E-state index is -4.92. The smallest absolute Gasteiger partial charge is 0.215 e. The highest BCUT2D eigenvalue weighted by molar-refractivity contribution is 7.79. The lowest BCUT2D eigenvalue weighted by atomic mass is 10.1. The Bertz CT molecular complexity index is 683. The molecule has 0 aliphatic rings. The molecule has 2 rings (SSSR count). The first-order valence-corrected chi connectivity index (χ1v) is 7.16. The van der Waals surface area contributed by atoms with E-state index < -0.39 is 10.4 Å². The summed E-state index contributed by atoms with van der Waals surface area (Å²) in [6.45, 7) is 2.89. The Hall–Kier alpha value is -1.90. The summed E-state index contributed by atoms with van der Waals surface area (Å²) in [4.78, 5) is 6.36. The molecule has 4 N–H and O–H groups in total. The molecule has 0 spiro atoms. The topological polar surface area (TPSA) is 127 Å². The molecule has 0 radical (unpaired) electrons. The fourth-order valence-corrected chi connectivity index (χ4v) is 1.72. The molecule has 2 aromatic rings. The molecule has 0 atom stereocenters. The van der Waals surface area contributed by atoms with E-state index in [9.17, 15) is 5.11 Å². The van der Waals surface area contributed by atoms with Crippen molar-refractivity contribution in [3.05, 3.63) is 30.0 Å². The molecule has 0 aliphatic carbocycles. The predicted octanol–water partition coefficient (Wildman–Crippen LogP) is -0.408. The summed E-state index contributed by atoms with van der Waals surface area (Å²) >= 11 is 0. The van der Waals surface area contributed by atoms with Gasteiger partial charge in [0.15, 0.2) is 0 Å². The van der Waals surface area contributed by atoms with Gasteiger partial charge in [-0.2, -0.15) is 0 Å². The van der Waals surface area contributed by atoms with Crippen molar-refractivity contribution < 1.29 is 27.6 Å². The molecule has 20 heavy (non-hydrogen) atoms. The molecular weight excluding hydrogens is 284 g/mol. The number of aromatic hydroxyl groups is 1. The van der Waals surface area contributed by atoms with Crippen molar-refractivity contribution in [3.8, 4) is 5.75 Å². The molecule has 0 unspecified atom stereocenters. The zero-order valence-corrected chi connectivity index (χ0v) is 11.6. The highest BCUT2D eigenvalue weighted by Crippen LogP contribution is 2.22. The van der Waals surface area contributed by atoms with Crippen molar-refractivity contribution in [1.29, 1.82) is 0 Å². The molecule has 0 aliphatic heterocycles. The van der Waals surface area contributed by atoms with Crippen LogP contribution in [0.3, 0.4) is 0 Å². The van der Waals surface area contributed by atoms with Gasteiger partial charge in [-0.15, -0.1) is 0 Å². The molecular formula is C12H16N2O5S. The van der Waals surface area contributed by atoms with Crippen LogP contribution in [0, 0.1) is 0 Å².